The van der Waals surface area contributed by atoms with Gasteiger partial charge in [0.05, 0.1) is 0 Å². The van der Waals surface area contributed by atoms with Crippen LogP contribution in [0.4, 0.5) is 5.82 Å². The van der Waals surface area contributed by atoms with Gasteiger partial charge in [0.1, 0.15) is 5.82 Å². The zero-order valence-corrected chi connectivity index (χ0v) is 9.36. The molecule has 3 N–H and O–H groups in total. The molecule has 1 heterocycles. The number of aromatic nitrogens is 2. The molecule has 2 aromatic rings. The summed E-state index contributed by atoms with van der Waals surface area (Å²) in [5.74, 6) is 6.61. The van der Waals surface area contributed by atoms with E-state index in [0.717, 1.165) is 5.56 Å². The standard InChI is InChI=1S/C12H14N4/c1-8-5-9(2)7-10(6-8)12-14-4-3-11(15-12)16-13/h3-7H,13H2,1-2H3,(H,14,15,16). The monoisotopic (exact) mass is 214 g/mol. The summed E-state index contributed by atoms with van der Waals surface area (Å²) >= 11 is 0. The van der Waals surface area contributed by atoms with Crippen LogP contribution in [0.3, 0.4) is 0 Å². The van der Waals surface area contributed by atoms with Crippen LogP contribution < -0.4 is 11.3 Å². The molecule has 0 fully saturated rings. The highest BCUT2D eigenvalue weighted by Gasteiger charge is 2.03. The highest BCUT2D eigenvalue weighted by molar-refractivity contribution is 5.59. The topological polar surface area (TPSA) is 63.8 Å². The molecule has 82 valence electrons. The molecule has 2 rings (SSSR count). The predicted molar refractivity (Wildman–Crippen MR) is 64.8 cm³/mol. The third-order valence-electron chi connectivity index (χ3n) is 2.28. The summed E-state index contributed by atoms with van der Waals surface area (Å²) in [6.07, 6.45) is 1.69. The number of hydrogen-bond acceptors (Lipinski definition) is 4. The van der Waals surface area contributed by atoms with Crippen LogP contribution >= 0.6 is 0 Å². The van der Waals surface area contributed by atoms with Crippen molar-refractivity contribution in [2.24, 2.45) is 5.84 Å². The number of benzene rings is 1. The van der Waals surface area contributed by atoms with Crippen LogP contribution in [0.2, 0.25) is 0 Å². The lowest BCUT2D eigenvalue weighted by molar-refractivity contribution is 1.14. The zero-order chi connectivity index (χ0) is 11.5. The third kappa shape index (κ3) is 2.17. The molecule has 4 heteroatoms. The van der Waals surface area contributed by atoms with E-state index in [-0.39, 0.29) is 0 Å². The molecular weight excluding hydrogens is 200 g/mol. The summed E-state index contributed by atoms with van der Waals surface area (Å²) in [6, 6.07) is 7.96. The Morgan fingerprint density at radius 3 is 2.44 bits per heavy atom. The van der Waals surface area contributed by atoms with E-state index in [1.165, 1.54) is 11.1 Å². The minimum absolute atomic E-state index is 0.615. The molecule has 0 aliphatic rings. The van der Waals surface area contributed by atoms with Crippen molar-refractivity contribution in [2.45, 2.75) is 13.8 Å². The van der Waals surface area contributed by atoms with Gasteiger partial charge < -0.3 is 5.43 Å². The molecule has 0 aliphatic carbocycles. The van der Waals surface area contributed by atoms with Gasteiger partial charge in [-0.2, -0.15) is 0 Å². The van der Waals surface area contributed by atoms with Gasteiger partial charge >= 0.3 is 0 Å². The summed E-state index contributed by atoms with van der Waals surface area (Å²) in [7, 11) is 0. The van der Waals surface area contributed by atoms with Crippen LogP contribution in [0.25, 0.3) is 11.4 Å². The molecule has 0 atom stereocenters. The maximum atomic E-state index is 5.32. The summed E-state index contributed by atoms with van der Waals surface area (Å²) in [6.45, 7) is 4.11. The first-order valence-corrected chi connectivity index (χ1v) is 5.07. The van der Waals surface area contributed by atoms with Crippen molar-refractivity contribution in [2.75, 3.05) is 5.43 Å². The van der Waals surface area contributed by atoms with E-state index in [1.807, 2.05) is 0 Å². The van der Waals surface area contributed by atoms with Gasteiger partial charge in [-0.3, -0.25) is 0 Å². The molecule has 0 amide bonds. The fourth-order valence-corrected chi connectivity index (χ4v) is 1.68. The molecule has 1 aromatic carbocycles. The number of aryl methyl sites for hydroxylation is 2. The van der Waals surface area contributed by atoms with E-state index in [9.17, 15) is 0 Å². The Labute approximate surface area is 94.5 Å². The average Bonchev–Trinajstić information content (AvgIpc) is 2.28. The van der Waals surface area contributed by atoms with E-state index >= 15 is 0 Å². The number of rotatable bonds is 2. The van der Waals surface area contributed by atoms with Crippen molar-refractivity contribution >= 4 is 5.82 Å². The number of nitrogens with one attached hydrogen (secondary N) is 1. The minimum atomic E-state index is 0.615. The lowest BCUT2D eigenvalue weighted by Crippen LogP contribution is -2.09. The van der Waals surface area contributed by atoms with E-state index in [1.54, 1.807) is 12.3 Å². The van der Waals surface area contributed by atoms with Crippen LogP contribution in [-0.4, -0.2) is 9.97 Å². The van der Waals surface area contributed by atoms with Gasteiger partial charge in [0, 0.05) is 17.8 Å². The van der Waals surface area contributed by atoms with Crippen molar-refractivity contribution in [3.63, 3.8) is 0 Å². The molecule has 0 aliphatic heterocycles. The maximum absolute atomic E-state index is 5.32. The third-order valence-corrected chi connectivity index (χ3v) is 2.28. The Morgan fingerprint density at radius 2 is 1.81 bits per heavy atom. The Kier molecular flexibility index (Phi) is 2.83. The lowest BCUT2D eigenvalue weighted by atomic mass is 10.1. The quantitative estimate of drug-likeness (QED) is 0.593. The number of hydrazine groups is 1. The van der Waals surface area contributed by atoms with Crippen molar-refractivity contribution in [3.8, 4) is 11.4 Å². The van der Waals surface area contributed by atoms with Gasteiger partial charge in [-0.25, -0.2) is 15.8 Å². The second-order valence-electron chi connectivity index (χ2n) is 3.79. The first kappa shape index (κ1) is 10.6. The summed E-state index contributed by atoms with van der Waals surface area (Å²) < 4.78 is 0. The van der Waals surface area contributed by atoms with Crippen molar-refractivity contribution < 1.29 is 0 Å². The van der Waals surface area contributed by atoms with Gasteiger partial charge in [0.2, 0.25) is 0 Å². The summed E-state index contributed by atoms with van der Waals surface area (Å²) in [5, 5.41) is 0. The second kappa shape index (κ2) is 4.28. The molecule has 0 radical (unpaired) electrons. The molecule has 4 nitrogen and oxygen atoms in total. The SMILES string of the molecule is Cc1cc(C)cc(-c2nccc(NN)n2)c1. The predicted octanol–water partition coefficient (Wildman–Crippen LogP) is 2.05. The fourth-order valence-electron chi connectivity index (χ4n) is 1.68. The van der Waals surface area contributed by atoms with Gasteiger partial charge in [0.25, 0.3) is 0 Å². The van der Waals surface area contributed by atoms with Gasteiger partial charge in [-0.05, 0) is 26.0 Å². The zero-order valence-electron chi connectivity index (χ0n) is 9.36. The first-order valence-electron chi connectivity index (χ1n) is 5.07. The molecule has 0 bridgehead atoms. The number of nitrogen functional groups attached to an aromatic ring is 1. The number of anilines is 1. The van der Waals surface area contributed by atoms with Crippen molar-refractivity contribution in [3.05, 3.63) is 41.6 Å². The van der Waals surface area contributed by atoms with Gasteiger partial charge in [0.15, 0.2) is 5.82 Å². The maximum Gasteiger partial charge on any atom is 0.161 e. The molecule has 0 spiro atoms. The minimum Gasteiger partial charge on any atom is -0.308 e. The van der Waals surface area contributed by atoms with E-state index in [2.05, 4.69) is 47.4 Å². The van der Waals surface area contributed by atoms with E-state index in [0.29, 0.717) is 11.6 Å². The highest BCUT2D eigenvalue weighted by Crippen LogP contribution is 2.19. The number of hydrogen-bond donors (Lipinski definition) is 2. The Bertz CT molecular complexity index is 488. The normalized spacial score (nSPS) is 10.2. The first-order chi connectivity index (χ1) is 7.69. The molecule has 16 heavy (non-hydrogen) atoms. The van der Waals surface area contributed by atoms with Gasteiger partial charge in [-0.1, -0.05) is 17.2 Å². The largest absolute Gasteiger partial charge is 0.308 e. The van der Waals surface area contributed by atoms with Crippen LogP contribution in [-0.2, 0) is 0 Å². The molecule has 0 saturated carbocycles. The fraction of sp³-hybridized carbons (Fsp3) is 0.167. The van der Waals surface area contributed by atoms with Crippen LogP contribution in [0.15, 0.2) is 30.5 Å². The van der Waals surface area contributed by atoms with Gasteiger partial charge in [-0.15, -0.1) is 0 Å². The van der Waals surface area contributed by atoms with Crippen molar-refractivity contribution in [1.29, 1.82) is 0 Å². The number of nitrogens with two attached hydrogens (primary N) is 1. The van der Waals surface area contributed by atoms with Crippen LogP contribution in [0.1, 0.15) is 11.1 Å². The second-order valence-corrected chi connectivity index (χ2v) is 3.79. The smallest absolute Gasteiger partial charge is 0.161 e. The molecule has 0 saturated heterocycles. The van der Waals surface area contributed by atoms with E-state index < -0.39 is 0 Å². The Hall–Kier alpha value is -1.94. The van der Waals surface area contributed by atoms with Crippen molar-refractivity contribution in [1.82, 2.24) is 9.97 Å². The van der Waals surface area contributed by atoms with E-state index in [4.69, 9.17) is 5.84 Å². The Morgan fingerprint density at radius 1 is 1.12 bits per heavy atom. The summed E-state index contributed by atoms with van der Waals surface area (Å²) in [4.78, 5) is 8.53. The highest BCUT2D eigenvalue weighted by atomic mass is 15.3. The number of nitrogens with zero attached hydrogens (tertiary/aromatic N) is 2. The summed E-state index contributed by atoms with van der Waals surface area (Å²) in [5.41, 5.74) is 5.92. The Balaban J connectivity index is 2.49. The molecule has 0 unspecified atom stereocenters. The lowest BCUT2D eigenvalue weighted by Gasteiger charge is -2.05. The molecular formula is C12H14N4. The average molecular weight is 214 g/mol. The van der Waals surface area contributed by atoms with Crippen LogP contribution in [0.5, 0.6) is 0 Å². The van der Waals surface area contributed by atoms with Crippen LogP contribution in [0, 0.1) is 13.8 Å². The molecule has 1 aromatic heterocycles.